The van der Waals surface area contributed by atoms with Crippen molar-refractivity contribution in [2.45, 2.75) is 26.7 Å². The van der Waals surface area contributed by atoms with Gasteiger partial charge in [-0.2, -0.15) is 0 Å². The van der Waals surface area contributed by atoms with Crippen LogP contribution in [0.1, 0.15) is 35.7 Å². The van der Waals surface area contributed by atoms with Crippen LogP contribution in [-0.2, 0) is 0 Å². The Balaban J connectivity index is 2.09. The number of aryl methyl sites for hydroxylation is 1. The van der Waals surface area contributed by atoms with Gasteiger partial charge in [0.25, 0.3) is 0 Å². The number of ether oxygens (including phenoxy) is 2. The zero-order valence-electron chi connectivity index (χ0n) is 13.1. The van der Waals surface area contributed by atoms with Gasteiger partial charge in [0.1, 0.15) is 11.5 Å². The number of esters is 1. The molecule has 2 rings (SSSR count). The molecule has 0 radical (unpaired) electrons. The van der Waals surface area contributed by atoms with Gasteiger partial charge in [0.05, 0.1) is 21.1 Å². The highest BCUT2D eigenvalue weighted by Crippen LogP contribution is 2.29. The fraction of sp³-hybridized carbons (Fsp3) is 0.278. The van der Waals surface area contributed by atoms with E-state index < -0.39 is 5.97 Å². The molecule has 0 amide bonds. The molecular weight excluding hydrogens is 424 g/mol. The minimum absolute atomic E-state index is 0.407. The van der Waals surface area contributed by atoms with Crippen molar-refractivity contribution in [3.63, 3.8) is 0 Å². The number of hydrogen-bond acceptors (Lipinski definition) is 3. The second kappa shape index (κ2) is 8.50. The van der Waals surface area contributed by atoms with Gasteiger partial charge in [0.15, 0.2) is 0 Å². The molecule has 0 unspecified atom stereocenters. The average molecular weight is 442 g/mol. The lowest BCUT2D eigenvalue weighted by Gasteiger charge is -2.10. The minimum Gasteiger partial charge on any atom is -0.492 e. The van der Waals surface area contributed by atoms with E-state index in [4.69, 9.17) is 9.47 Å². The second-order valence-corrected chi connectivity index (χ2v) is 6.88. The van der Waals surface area contributed by atoms with E-state index >= 15 is 0 Å². The molecule has 0 saturated carbocycles. The molecule has 2 aromatic carbocycles. The van der Waals surface area contributed by atoms with Crippen LogP contribution < -0.4 is 9.47 Å². The Morgan fingerprint density at radius 1 is 1.04 bits per heavy atom. The van der Waals surface area contributed by atoms with Crippen molar-refractivity contribution in [3.8, 4) is 11.5 Å². The summed E-state index contributed by atoms with van der Waals surface area (Å²) in [5.41, 5.74) is 1.56. The summed E-state index contributed by atoms with van der Waals surface area (Å²) < 4.78 is 12.6. The van der Waals surface area contributed by atoms with Gasteiger partial charge >= 0.3 is 5.97 Å². The van der Waals surface area contributed by atoms with Crippen LogP contribution in [0.25, 0.3) is 0 Å². The third-order valence-corrected chi connectivity index (χ3v) is 4.45. The van der Waals surface area contributed by atoms with Gasteiger partial charge in [-0.05, 0) is 81.1 Å². The molecule has 23 heavy (non-hydrogen) atoms. The first-order valence-electron chi connectivity index (χ1n) is 7.42. The predicted molar refractivity (Wildman–Crippen MR) is 98.4 cm³/mol. The van der Waals surface area contributed by atoms with E-state index in [-0.39, 0.29) is 0 Å². The molecule has 122 valence electrons. The van der Waals surface area contributed by atoms with Crippen molar-refractivity contribution >= 4 is 37.8 Å². The Morgan fingerprint density at radius 3 is 2.39 bits per heavy atom. The van der Waals surface area contributed by atoms with Gasteiger partial charge in [0, 0.05) is 0 Å². The van der Waals surface area contributed by atoms with Gasteiger partial charge in [-0.15, -0.1) is 0 Å². The van der Waals surface area contributed by atoms with Crippen LogP contribution in [-0.4, -0.2) is 12.6 Å². The van der Waals surface area contributed by atoms with E-state index in [1.54, 1.807) is 24.3 Å². The van der Waals surface area contributed by atoms with Crippen molar-refractivity contribution in [1.82, 2.24) is 0 Å². The van der Waals surface area contributed by atoms with Crippen molar-refractivity contribution in [3.05, 3.63) is 56.5 Å². The van der Waals surface area contributed by atoms with Crippen LogP contribution in [0.5, 0.6) is 11.5 Å². The smallest absolute Gasteiger partial charge is 0.343 e. The first kappa shape index (κ1) is 18.0. The van der Waals surface area contributed by atoms with Crippen LogP contribution >= 0.6 is 31.9 Å². The summed E-state index contributed by atoms with van der Waals surface area (Å²) in [6, 6.07) is 10.8. The van der Waals surface area contributed by atoms with E-state index in [0.29, 0.717) is 17.9 Å². The van der Waals surface area contributed by atoms with Crippen LogP contribution in [0.2, 0.25) is 0 Å². The summed E-state index contributed by atoms with van der Waals surface area (Å²) in [6.45, 7) is 4.75. The van der Waals surface area contributed by atoms with Gasteiger partial charge < -0.3 is 9.47 Å². The minimum atomic E-state index is -0.407. The second-order valence-electron chi connectivity index (χ2n) is 5.17. The highest BCUT2D eigenvalue weighted by Gasteiger charge is 2.13. The number of rotatable bonds is 6. The molecule has 0 fully saturated rings. The Labute approximate surface area is 153 Å². The van der Waals surface area contributed by atoms with E-state index in [2.05, 4.69) is 38.8 Å². The van der Waals surface area contributed by atoms with Gasteiger partial charge in [0.2, 0.25) is 0 Å². The lowest BCUT2D eigenvalue weighted by molar-refractivity contribution is 0.0733. The molecule has 0 atom stereocenters. The monoisotopic (exact) mass is 440 g/mol. The van der Waals surface area contributed by atoms with E-state index in [1.807, 2.05) is 19.1 Å². The fourth-order valence-corrected chi connectivity index (χ4v) is 2.99. The summed E-state index contributed by atoms with van der Waals surface area (Å²) in [4.78, 5) is 12.3. The van der Waals surface area contributed by atoms with Gasteiger partial charge in [-0.25, -0.2) is 4.79 Å². The van der Waals surface area contributed by atoms with Gasteiger partial charge in [-0.3, -0.25) is 0 Å². The maximum atomic E-state index is 12.3. The Hall–Kier alpha value is -1.33. The molecule has 0 bridgehead atoms. The van der Waals surface area contributed by atoms with Gasteiger partial charge in [-0.1, -0.05) is 19.4 Å². The standard InChI is InChI=1S/C18H18Br2O3/c1-3-4-9-22-16-8-6-13(11-15(16)20)18(21)23-17-7-5-12(2)10-14(17)19/h5-8,10-11H,3-4,9H2,1-2H3. The summed E-state index contributed by atoms with van der Waals surface area (Å²) in [6.07, 6.45) is 2.07. The SMILES string of the molecule is CCCCOc1ccc(C(=O)Oc2ccc(C)cc2Br)cc1Br. The predicted octanol–water partition coefficient (Wildman–Crippen LogP) is 5.92. The Bertz CT molecular complexity index is 699. The highest BCUT2D eigenvalue weighted by atomic mass is 79.9. The molecule has 5 heteroatoms. The first-order valence-corrected chi connectivity index (χ1v) is 9.00. The largest absolute Gasteiger partial charge is 0.492 e. The number of carbonyl (C=O) groups is 1. The average Bonchev–Trinajstić information content (AvgIpc) is 2.51. The number of carbonyl (C=O) groups excluding carboxylic acids is 1. The number of halogens is 2. The van der Waals surface area contributed by atoms with Crippen molar-refractivity contribution in [2.75, 3.05) is 6.61 Å². The molecule has 2 aromatic rings. The quantitative estimate of drug-likeness (QED) is 0.317. The fourth-order valence-electron chi connectivity index (χ4n) is 1.92. The summed E-state index contributed by atoms with van der Waals surface area (Å²) in [7, 11) is 0. The third-order valence-electron chi connectivity index (χ3n) is 3.21. The third kappa shape index (κ3) is 5.08. The lowest BCUT2D eigenvalue weighted by Crippen LogP contribution is -2.09. The molecule has 0 aliphatic carbocycles. The first-order chi connectivity index (χ1) is 11.0. The molecule has 0 saturated heterocycles. The number of unbranched alkanes of at least 4 members (excludes halogenated alkanes) is 1. The van der Waals surface area contributed by atoms with Crippen LogP contribution in [0.4, 0.5) is 0 Å². The lowest BCUT2D eigenvalue weighted by atomic mass is 10.2. The normalized spacial score (nSPS) is 10.4. The Kier molecular flexibility index (Phi) is 6.66. The maximum Gasteiger partial charge on any atom is 0.343 e. The molecule has 0 heterocycles. The van der Waals surface area contributed by atoms with Crippen molar-refractivity contribution in [2.24, 2.45) is 0 Å². The molecule has 3 nitrogen and oxygen atoms in total. The van der Waals surface area contributed by atoms with E-state index in [1.165, 1.54) is 0 Å². The van der Waals surface area contributed by atoms with E-state index in [9.17, 15) is 4.79 Å². The highest BCUT2D eigenvalue weighted by molar-refractivity contribution is 9.10. The zero-order valence-corrected chi connectivity index (χ0v) is 16.2. The summed E-state index contributed by atoms with van der Waals surface area (Å²) in [5.74, 6) is 0.821. The van der Waals surface area contributed by atoms with Crippen molar-refractivity contribution in [1.29, 1.82) is 0 Å². The van der Waals surface area contributed by atoms with E-state index in [0.717, 1.165) is 33.1 Å². The molecule has 0 aliphatic rings. The maximum absolute atomic E-state index is 12.3. The molecule has 0 spiro atoms. The number of benzene rings is 2. The number of hydrogen-bond donors (Lipinski definition) is 0. The molecule has 0 N–H and O–H groups in total. The van der Waals surface area contributed by atoms with Crippen LogP contribution in [0, 0.1) is 6.92 Å². The molecule has 0 aromatic heterocycles. The van der Waals surface area contributed by atoms with Crippen LogP contribution in [0.15, 0.2) is 45.3 Å². The molecule has 0 aliphatic heterocycles. The topological polar surface area (TPSA) is 35.5 Å². The Morgan fingerprint density at radius 2 is 1.74 bits per heavy atom. The van der Waals surface area contributed by atoms with Crippen LogP contribution in [0.3, 0.4) is 0 Å². The summed E-state index contributed by atoms with van der Waals surface area (Å²) >= 11 is 6.84. The molecular formula is C18H18Br2O3. The zero-order chi connectivity index (χ0) is 16.8. The van der Waals surface area contributed by atoms with Crippen molar-refractivity contribution < 1.29 is 14.3 Å². The summed E-state index contributed by atoms with van der Waals surface area (Å²) in [5, 5.41) is 0.